The minimum atomic E-state index is -0.573. The lowest BCUT2D eigenvalue weighted by Gasteiger charge is -2.26. The van der Waals surface area contributed by atoms with E-state index in [0.717, 1.165) is 0 Å². The summed E-state index contributed by atoms with van der Waals surface area (Å²) in [6, 6.07) is 1.48. The molecule has 2 atom stereocenters. The summed E-state index contributed by atoms with van der Waals surface area (Å²) in [5.41, 5.74) is 6.54. The van der Waals surface area contributed by atoms with Gasteiger partial charge in [-0.25, -0.2) is 0 Å². The quantitative estimate of drug-likeness (QED) is 0.851. The van der Waals surface area contributed by atoms with Crippen molar-refractivity contribution in [2.45, 2.75) is 37.7 Å². The van der Waals surface area contributed by atoms with Gasteiger partial charge in [-0.1, -0.05) is 0 Å². The Hall–Kier alpha value is -1.05. The van der Waals surface area contributed by atoms with Gasteiger partial charge < -0.3 is 15.4 Å². The van der Waals surface area contributed by atoms with Crippen LogP contribution in [0.4, 0.5) is 0 Å². The average molecular weight is 342 g/mol. The molecule has 0 aromatic carbocycles. The predicted octanol–water partition coefficient (Wildman–Crippen LogP) is 2.03. The van der Waals surface area contributed by atoms with E-state index in [0.29, 0.717) is 12.3 Å². The zero-order valence-electron chi connectivity index (χ0n) is 13.1. The fraction of sp³-hybridized carbons (Fsp3) is 0.600. The first-order valence-corrected chi connectivity index (χ1v) is 9.15. The lowest BCUT2D eigenvalue weighted by molar-refractivity contribution is -0.159. The van der Waals surface area contributed by atoms with Gasteiger partial charge in [0.2, 0.25) is 5.91 Å². The van der Waals surface area contributed by atoms with Gasteiger partial charge >= 0.3 is 5.97 Å². The second-order valence-electron chi connectivity index (χ2n) is 6.29. The van der Waals surface area contributed by atoms with Crippen LogP contribution in [0.15, 0.2) is 16.8 Å². The Morgan fingerprint density at radius 2 is 2.23 bits per heavy atom. The molecule has 122 valence electrons. The molecule has 0 spiro atoms. The first kappa shape index (κ1) is 17.3. The lowest BCUT2D eigenvalue weighted by Crippen LogP contribution is -2.47. The van der Waals surface area contributed by atoms with Crippen molar-refractivity contribution in [2.75, 3.05) is 18.8 Å². The molecule has 1 amide bonds. The highest BCUT2D eigenvalue weighted by atomic mass is 32.2. The summed E-state index contributed by atoms with van der Waals surface area (Å²) in [6.45, 7) is 5.86. The number of rotatable bonds is 3. The minimum absolute atomic E-state index is 0.0506. The third kappa shape index (κ3) is 4.72. The normalized spacial score (nSPS) is 23.3. The van der Waals surface area contributed by atoms with E-state index in [1.165, 1.54) is 10.5 Å². The Morgan fingerprint density at radius 1 is 1.50 bits per heavy atom. The van der Waals surface area contributed by atoms with Gasteiger partial charge in [0, 0.05) is 17.5 Å². The number of thiophene rings is 1. The average Bonchev–Trinajstić information content (AvgIpc) is 2.88. The first-order chi connectivity index (χ1) is 10.3. The lowest BCUT2D eigenvalue weighted by atomic mass is 10.2. The smallest absolute Gasteiger partial charge is 0.326 e. The minimum Gasteiger partial charge on any atom is -0.459 e. The van der Waals surface area contributed by atoms with E-state index in [1.807, 2.05) is 26.2 Å². The van der Waals surface area contributed by atoms with E-state index in [-0.39, 0.29) is 17.7 Å². The van der Waals surface area contributed by atoms with E-state index < -0.39 is 17.6 Å². The Balaban J connectivity index is 2.08. The highest BCUT2D eigenvalue weighted by Gasteiger charge is 2.32. The van der Waals surface area contributed by atoms with Crippen LogP contribution < -0.4 is 5.73 Å². The number of nitrogens with two attached hydrogens (primary N) is 1. The third-order valence-corrected chi connectivity index (χ3v) is 5.22. The van der Waals surface area contributed by atoms with E-state index in [9.17, 15) is 9.59 Å². The largest absolute Gasteiger partial charge is 0.459 e. The SMILES string of the molecule is CC(C)(C)OC(=O)CN1CC(c2ccsc2)SC[C@H](N)C1=O. The molecule has 0 saturated carbocycles. The second kappa shape index (κ2) is 7.02. The van der Waals surface area contributed by atoms with E-state index in [1.54, 1.807) is 23.1 Å². The van der Waals surface area contributed by atoms with Crippen LogP contribution in [-0.2, 0) is 14.3 Å². The number of carbonyl (C=O) groups is 2. The number of carbonyl (C=O) groups excluding carboxylic acids is 2. The summed E-state index contributed by atoms with van der Waals surface area (Å²) in [5, 5.41) is 4.23. The number of hydrogen-bond acceptors (Lipinski definition) is 6. The summed E-state index contributed by atoms with van der Waals surface area (Å²) in [6.07, 6.45) is 0. The number of hydrogen-bond donors (Lipinski definition) is 1. The van der Waals surface area contributed by atoms with Crippen LogP contribution in [0.3, 0.4) is 0 Å². The van der Waals surface area contributed by atoms with Gasteiger partial charge in [-0.2, -0.15) is 11.3 Å². The monoisotopic (exact) mass is 342 g/mol. The Kier molecular flexibility index (Phi) is 5.52. The first-order valence-electron chi connectivity index (χ1n) is 7.16. The standard InChI is InChI=1S/C15H22N2O3S2/c1-15(2,3)20-13(18)7-17-6-12(10-4-5-21-8-10)22-9-11(16)14(17)19/h4-5,8,11-12H,6-7,9,16H2,1-3H3/t11-,12?/m0/s1. The topological polar surface area (TPSA) is 72.6 Å². The number of esters is 1. The second-order valence-corrected chi connectivity index (χ2v) is 8.31. The Labute approximate surface area is 139 Å². The molecule has 0 bridgehead atoms. The van der Waals surface area contributed by atoms with Crippen LogP contribution in [0.2, 0.25) is 0 Å². The van der Waals surface area contributed by atoms with Crippen LogP contribution >= 0.6 is 23.1 Å². The van der Waals surface area contributed by atoms with Gasteiger partial charge in [0.1, 0.15) is 12.1 Å². The molecular formula is C15H22N2O3S2. The highest BCUT2D eigenvalue weighted by Crippen LogP contribution is 2.33. The number of amides is 1. The van der Waals surface area contributed by atoms with Crippen molar-refractivity contribution in [1.82, 2.24) is 4.90 Å². The van der Waals surface area contributed by atoms with Crippen molar-refractivity contribution >= 4 is 35.0 Å². The fourth-order valence-electron chi connectivity index (χ4n) is 2.20. The number of thioether (sulfide) groups is 1. The zero-order valence-corrected chi connectivity index (χ0v) is 14.7. The molecule has 1 unspecified atom stereocenters. The van der Waals surface area contributed by atoms with Crippen molar-refractivity contribution < 1.29 is 14.3 Å². The Morgan fingerprint density at radius 3 is 2.82 bits per heavy atom. The molecule has 0 radical (unpaired) electrons. The van der Waals surface area contributed by atoms with Gasteiger partial charge in [0.15, 0.2) is 0 Å². The molecule has 2 rings (SSSR count). The van der Waals surface area contributed by atoms with Crippen molar-refractivity contribution in [3.05, 3.63) is 22.4 Å². The number of nitrogens with zero attached hydrogens (tertiary/aromatic N) is 1. The van der Waals surface area contributed by atoms with Crippen LogP contribution in [0, 0.1) is 0 Å². The summed E-state index contributed by atoms with van der Waals surface area (Å²) >= 11 is 3.29. The molecule has 1 saturated heterocycles. The molecule has 1 aliphatic rings. The molecule has 1 aromatic heterocycles. The van der Waals surface area contributed by atoms with Gasteiger partial charge in [0.25, 0.3) is 0 Å². The van der Waals surface area contributed by atoms with E-state index >= 15 is 0 Å². The zero-order chi connectivity index (χ0) is 16.3. The van der Waals surface area contributed by atoms with Crippen molar-refractivity contribution in [3.8, 4) is 0 Å². The maximum atomic E-state index is 12.3. The van der Waals surface area contributed by atoms with Gasteiger partial charge in [-0.05, 0) is 43.2 Å². The summed E-state index contributed by atoms with van der Waals surface area (Å²) in [4.78, 5) is 25.9. The molecule has 1 aromatic rings. The van der Waals surface area contributed by atoms with Crippen LogP contribution in [0.5, 0.6) is 0 Å². The van der Waals surface area contributed by atoms with E-state index in [2.05, 4.69) is 11.4 Å². The molecule has 0 aliphatic carbocycles. The maximum Gasteiger partial charge on any atom is 0.326 e. The van der Waals surface area contributed by atoms with Crippen molar-refractivity contribution in [1.29, 1.82) is 0 Å². The van der Waals surface area contributed by atoms with Gasteiger partial charge in [0.05, 0.1) is 6.04 Å². The van der Waals surface area contributed by atoms with Crippen LogP contribution in [-0.4, -0.2) is 47.3 Å². The Bertz CT molecular complexity index is 525. The van der Waals surface area contributed by atoms with Gasteiger partial charge in [-0.3, -0.25) is 9.59 Å². The number of ether oxygens (including phenoxy) is 1. The van der Waals surface area contributed by atoms with Gasteiger partial charge in [-0.15, -0.1) is 11.8 Å². The summed E-state index contributed by atoms with van der Waals surface area (Å²) < 4.78 is 5.31. The predicted molar refractivity (Wildman–Crippen MR) is 89.9 cm³/mol. The van der Waals surface area contributed by atoms with E-state index in [4.69, 9.17) is 10.5 Å². The van der Waals surface area contributed by atoms with Crippen molar-refractivity contribution in [3.63, 3.8) is 0 Å². The third-order valence-electron chi connectivity index (χ3n) is 3.15. The maximum absolute atomic E-state index is 12.3. The molecule has 5 nitrogen and oxygen atoms in total. The molecular weight excluding hydrogens is 320 g/mol. The summed E-state index contributed by atoms with van der Waals surface area (Å²) in [7, 11) is 0. The molecule has 1 aliphatic heterocycles. The molecule has 22 heavy (non-hydrogen) atoms. The molecule has 1 fully saturated rings. The van der Waals surface area contributed by atoms with Crippen LogP contribution in [0.1, 0.15) is 31.6 Å². The van der Waals surface area contributed by atoms with Crippen LogP contribution in [0.25, 0.3) is 0 Å². The molecule has 2 N–H and O–H groups in total. The summed E-state index contributed by atoms with van der Waals surface area (Å²) in [5.74, 6) is -0.0235. The molecule has 2 heterocycles. The fourth-order valence-corrected chi connectivity index (χ4v) is 4.21. The van der Waals surface area contributed by atoms with Crippen molar-refractivity contribution in [2.24, 2.45) is 5.73 Å². The molecule has 7 heteroatoms. The highest BCUT2D eigenvalue weighted by molar-refractivity contribution is 7.99.